The SMILES string of the molecule is C[C@H](NC(=O)CN)C(=O)NCC(=O)N[C@H](C)C(=O)NCC(=O)OCc1ccccc1. The monoisotopic (exact) mass is 421 g/mol. The summed E-state index contributed by atoms with van der Waals surface area (Å²) in [4.78, 5) is 58.4. The zero-order chi connectivity index (χ0) is 22.5. The van der Waals surface area contributed by atoms with Gasteiger partial charge in [0, 0.05) is 0 Å². The summed E-state index contributed by atoms with van der Waals surface area (Å²) in [6.45, 7) is 1.96. The highest BCUT2D eigenvalue weighted by Gasteiger charge is 2.19. The van der Waals surface area contributed by atoms with Gasteiger partial charge in [-0.25, -0.2) is 0 Å². The number of carbonyl (C=O) groups is 5. The van der Waals surface area contributed by atoms with Gasteiger partial charge in [0.05, 0.1) is 13.1 Å². The zero-order valence-electron chi connectivity index (χ0n) is 16.9. The highest BCUT2D eigenvalue weighted by atomic mass is 16.5. The molecule has 11 nitrogen and oxygen atoms in total. The van der Waals surface area contributed by atoms with Gasteiger partial charge in [0.1, 0.15) is 25.2 Å². The maximum Gasteiger partial charge on any atom is 0.325 e. The molecule has 0 aliphatic carbocycles. The number of carbonyl (C=O) groups excluding carboxylic acids is 5. The fourth-order valence-electron chi connectivity index (χ4n) is 2.15. The fraction of sp³-hybridized carbons (Fsp3) is 0.421. The van der Waals surface area contributed by atoms with Gasteiger partial charge in [0.2, 0.25) is 23.6 Å². The van der Waals surface area contributed by atoms with E-state index in [2.05, 4.69) is 21.3 Å². The van der Waals surface area contributed by atoms with E-state index in [-0.39, 0.29) is 19.7 Å². The lowest BCUT2D eigenvalue weighted by molar-refractivity contribution is -0.145. The van der Waals surface area contributed by atoms with Crippen molar-refractivity contribution in [3.05, 3.63) is 35.9 Å². The first-order valence-corrected chi connectivity index (χ1v) is 9.26. The molecule has 0 heterocycles. The van der Waals surface area contributed by atoms with Crippen molar-refractivity contribution in [1.29, 1.82) is 0 Å². The molecule has 0 saturated heterocycles. The average molecular weight is 421 g/mol. The van der Waals surface area contributed by atoms with Crippen LogP contribution in [0.4, 0.5) is 0 Å². The van der Waals surface area contributed by atoms with Gasteiger partial charge >= 0.3 is 5.97 Å². The first-order chi connectivity index (χ1) is 14.2. The quantitative estimate of drug-likeness (QED) is 0.256. The Morgan fingerprint density at radius 3 is 1.97 bits per heavy atom. The fourth-order valence-corrected chi connectivity index (χ4v) is 2.15. The van der Waals surface area contributed by atoms with Crippen LogP contribution in [0.25, 0.3) is 0 Å². The van der Waals surface area contributed by atoms with E-state index in [1.54, 1.807) is 12.1 Å². The lowest BCUT2D eigenvalue weighted by atomic mass is 10.2. The molecule has 4 amide bonds. The van der Waals surface area contributed by atoms with Gasteiger partial charge in [-0.1, -0.05) is 30.3 Å². The van der Waals surface area contributed by atoms with E-state index in [4.69, 9.17) is 10.5 Å². The van der Waals surface area contributed by atoms with E-state index in [0.717, 1.165) is 5.56 Å². The van der Waals surface area contributed by atoms with Crippen LogP contribution in [0.3, 0.4) is 0 Å². The summed E-state index contributed by atoms with van der Waals surface area (Å²) < 4.78 is 5.04. The van der Waals surface area contributed by atoms with Gasteiger partial charge in [-0.15, -0.1) is 0 Å². The topological polar surface area (TPSA) is 169 Å². The van der Waals surface area contributed by atoms with Crippen LogP contribution in [0, 0.1) is 0 Å². The molecule has 1 aromatic rings. The minimum Gasteiger partial charge on any atom is -0.460 e. The highest BCUT2D eigenvalue weighted by molar-refractivity contribution is 5.93. The third-order valence-corrected chi connectivity index (χ3v) is 3.80. The minimum atomic E-state index is -0.939. The van der Waals surface area contributed by atoms with Crippen molar-refractivity contribution in [3.8, 4) is 0 Å². The molecule has 2 atom stereocenters. The molecule has 30 heavy (non-hydrogen) atoms. The number of benzene rings is 1. The summed E-state index contributed by atoms with van der Waals surface area (Å²) in [5.74, 6) is -2.91. The first-order valence-electron chi connectivity index (χ1n) is 9.26. The van der Waals surface area contributed by atoms with Gasteiger partial charge in [0.15, 0.2) is 0 Å². The molecule has 0 radical (unpaired) electrons. The summed E-state index contributed by atoms with van der Waals surface area (Å²) in [5.41, 5.74) is 5.95. The molecule has 0 bridgehead atoms. The number of nitrogens with two attached hydrogens (primary N) is 1. The highest BCUT2D eigenvalue weighted by Crippen LogP contribution is 2.00. The smallest absolute Gasteiger partial charge is 0.325 e. The number of esters is 1. The first kappa shape index (κ1) is 24.6. The predicted octanol–water partition coefficient (Wildman–Crippen LogP) is -2.07. The van der Waals surface area contributed by atoms with Gasteiger partial charge in [0.25, 0.3) is 0 Å². The number of hydrogen-bond acceptors (Lipinski definition) is 7. The van der Waals surface area contributed by atoms with Gasteiger partial charge < -0.3 is 31.7 Å². The van der Waals surface area contributed by atoms with Crippen molar-refractivity contribution in [2.24, 2.45) is 5.73 Å². The standard InChI is InChI=1S/C19H27N5O6/c1-12(23-15(25)8-20)18(28)21-9-16(26)24-13(2)19(29)22-10-17(27)30-11-14-6-4-3-5-7-14/h3-7,12-13H,8-11,20H2,1-2H3,(H,21,28)(H,22,29)(H,23,25)(H,24,26)/t12-,13+/m0/s1. The molecule has 1 aromatic carbocycles. The predicted molar refractivity (Wildman–Crippen MR) is 107 cm³/mol. The van der Waals surface area contributed by atoms with Crippen LogP contribution >= 0.6 is 0 Å². The van der Waals surface area contributed by atoms with Gasteiger partial charge in [-0.2, -0.15) is 0 Å². The third kappa shape index (κ3) is 9.64. The normalized spacial score (nSPS) is 12.1. The molecule has 0 unspecified atom stereocenters. The van der Waals surface area contributed by atoms with E-state index in [1.165, 1.54) is 13.8 Å². The Hall–Kier alpha value is -3.47. The van der Waals surface area contributed by atoms with E-state index in [0.29, 0.717) is 0 Å². The van der Waals surface area contributed by atoms with E-state index in [9.17, 15) is 24.0 Å². The Bertz CT molecular complexity index is 755. The lowest BCUT2D eigenvalue weighted by Crippen LogP contribution is -2.51. The number of nitrogens with one attached hydrogen (secondary N) is 4. The van der Waals surface area contributed by atoms with Crippen molar-refractivity contribution in [2.45, 2.75) is 32.5 Å². The Morgan fingerprint density at radius 1 is 0.867 bits per heavy atom. The molecule has 0 spiro atoms. The zero-order valence-corrected chi connectivity index (χ0v) is 16.9. The van der Waals surface area contributed by atoms with E-state index in [1.807, 2.05) is 18.2 Å². The second-order valence-corrected chi connectivity index (χ2v) is 6.36. The molecule has 0 aliphatic rings. The Kier molecular flexibility index (Phi) is 10.6. The van der Waals surface area contributed by atoms with Crippen LogP contribution in [0.2, 0.25) is 0 Å². The van der Waals surface area contributed by atoms with Crippen molar-refractivity contribution in [2.75, 3.05) is 19.6 Å². The Morgan fingerprint density at radius 2 is 1.40 bits per heavy atom. The molecule has 11 heteroatoms. The van der Waals surface area contributed by atoms with Crippen LogP contribution in [0.5, 0.6) is 0 Å². The van der Waals surface area contributed by atoms with Crippen molar-refractivity contribution in [3.63, 3.8) is 0 Å². The van der Waals surface area contributed by atoms with Crippen molar-refractivity contribution in [1.82, 2.24) is 21.3 Å². The summed E-state index contributed by atoms with van der Waals surface area (Å²) >= 11 is 0. The molecular weight excluding hydrogens is 394 g/mol. The average Bonchev–Trinajstić information content (AvgIpc) is 2.74. The number of rotatable bonds is 11. The maximum atomic E-state index is 12.0. The van der Waals surface area contributed by atoms with Crippen molar-refractivity contribution < 1.29 is 28.7 Å². The minimum absolute atomic E-state index is 0.0890. The molecule has 0 aliphatic heterocycles. The summed E-state index contributed by atoms with van der Waals surface area (Å²) in [7, 11) is 0. The van der Waals surface area contributed by atoms with Crippen LogP contribution in [-0.2, 0) is 35.3 Å². The molecule has 164 valence electrons. The Labute approximate surface area is 174 Å². The molecule has 0 fully saturated rings. The molecule has 1 rings (SSSR count). The largest absolute Gasteiger partial charge is 0.460 e. The number of hydrogen-bond donors (Lipinski definition) is 5. The molecule has 0 aromatic heterocycles. The van der Waals surface area contributed by atoms with Crippen LogP contribution in [0.1, 0.15) is 19.4 Å². The molecule has 0 saturated carbocycles. The summed E-state index contributed by atoms with van der Waals surface area (Å²) in [5, 5.41) is 9.41. The maximum absolute atomic E-state index is 12.0. The van der Waals surface area contributed by atoms with Gasteiger partial charge in [-0.05, 0) is 19.4 Å². The van der Waals surface area contributed by atoms with Gasteiger partial charge in [-0.3, -0.25) is 24.0 Å². The number of ether oxygens (including phenoxy) is 1. The van der Waals surface area contributed by atoms with Crippen LogP contribution in [0.15, 0.2) is 30.3 Å². The molecule has 6 N–H and O–H groups in total. The summed E-state index contributed by atoms with van der Waals surface area (Å²) in [6, 6.07) is 7.27. The third-order valence-electron chi connectivity index (χ3n) is 3.80. The van der Waals surface area contributed by atoms with E-state index < -0.39 is 48.2 Å². The molecular formula is C19H27N5O6. The van der Waals surface area contributed by atoms with Crippen LogP contribution in [-0.4, -0.2) is 61.3 Å². The van der Waals surface area contributed by atoms with Crippen molar-refractivity contribution >= 4 is 29.6 Å². The van der Waals surface area contributed by atoms with Crippen LogP contribution < -0.4 is 27.0 Å². The second kappa shape index (κ2) is 12.9. The lowest BCUT2D eigenvalue weighted by Gasteiger charge is -2.16. The van der Waals surface area contributed by atoms with E-state index >= 15 is 0 Å². The summed E-state index contributed by atoms with van der Waals surface area (Å²) in [6.07, 6.45) is 0. The number of amides is 4. The second-order valence-electron chi connectivity index (χ2n) is 6.36. The Balaban J connectivity index is 2.27.